The van der Waals surface area contributed by atoms with E-state index >= 15 is 0 Å². The van der Waals surface area contributed by atoms with Gasteiger partial charge < -0.3 is 9.72 Å². The number of benzene rings is 2. The molecule has 2 N–H and O–H groups in total. The number of hydrogen-bond donors (Lipinski definition) is 2. The van der Waals surface area contributed by atoms with Crippen molar-refractivity contribution in [1.82, 2.24) is 10.4 Å². The van der Waals surface area contributed by atoms with Gasteiger partial charge in [0.25, 0.3) is 11.5 Å². The van der Waals surface area contributed by atoms with E-state index in [9.17, 15) is 9.59 Å². The van der Waals surface area contributed by atoms with E-state index in [1.807, 2.05) is 24.3 Å². The first-order chi connectivity index (χ1) is 13.5. The van der Waals surface area contributed by atoms with Crippen LogP contribution in [0.1, 0.15) is 18.9 Å². The normalized spacial score (nSPS) is 12.2. The smallest absolute Gasteiger partial charge is 0.281 e. The minimum Gasteiger partial charge on any atom is -0.479 e. The van der Waals surface area contributed by atoms with Gasteiger partial charge in [-0.25, -0.2) is 5.43 Å². The molecule has 2 aromatic carbocycles. The standard InChI is InChI=1S/C20H17Cl2N3O3/c1-2-17(28-18-8-7-14(21)10-15(18)22)20(27)25-23-11-13-9-12-5-3-4-6-16(12)24-19(13)26/h3-11,17H,2H2,1H3,(H,24,26)(H,25,27)/b23-11-/t17-/m1/s1. The number of amides is 1. The summed E-state index contributed by atoms with van der Waals surface area (Å²) in [6.45, 7) is 1.80. The minimum absolute atomic E-state index is 0.298. The van der Waals surface area contributed by atoms with Gasteiger partial charge in [-0.2, -0.15) is 5.10 Å². The number of fused-ring (bicyclic) bond motifs is 1. The summed E-state index contributed by atoms with van der Waals surface area (Å²) >= 11 is 11.9. The molecule has 0 saturated heterocycles. The second-order valence-corrected chi connectivity index (χ2v) is 6.81. The van der Waals surface area contributed by atoms with Crippen molar-refractivity contribution in [2.24, 2.45) is 5.10 Å². The number of aromatic nitrogens is 1. The molecule has 0 saturated carbocycles. The van der Waals surface area contributed by atoms with Gasteiger partial charge in [0.05, 0.1) is 16.8 Å². The van der Waals surface area contributed by atoms with Gasteiger partial charge in [-0.1, -0.05) is 48.3 Å². The molecule has 0 aliphatic heterocycles. The quantitative estimate of drug-likeness (QED) is 0.466. The SMILES string of the molecule is CC[C@@H](Oc1ccc(Cl)cc1Cl)C(=O)N/N=C\c1cc2ccccc2[nH]c1=O. The Morgan fingerprint density at radius 2 is 2.04 bits per heavy atom. The molecule has 0 fully saturated rings. The molecule has 28 heavy (non-hydrogen) atoms. The first-order valence-electron chi connectivity index (χ1n) is 8.54. The lowest BCUT2D eigenvalue weighted by Crippen LogP contribution is -2.35. The Bertz CT molecular complexity index is 1100. The van der Waals surface area contributed by atoms with Gasteiger partial charge in [-0.15, -0.1) is 0 Å². The molecule has 3 rings (SSSR count). The van der Waals surface area contributed by atoms with Crippen molar-refractivity contribution in [2.45, 2.75) is 19.4 Å². The number of carbonyl (C=O) groups excluding carboxylic acids is 1. The topological polar surface area (TPSA) is 83.5 Å². The molecule has 0 aliphatic carbocycles. The molecule has 1 atom stereocenters. The predicted octanol–water partition coefficient (Wildman–Crippen LogP) is 4.14. The number of para-hydroxylation sites is 1. The number of halogens is 2. The summed E-state index contributed by atoms with van der Waals surface area (Å²) in [5.74, 6) is -0.106. The number of nitrogens with one attached hydrogen (secondary N) is 2. The van der Waals surface area contributed by atoms with Crippen LogP contribution in [0.15, 0.2) is 58.4 Å². The predicted molar refractivity (Wildman–Crippen MR) is 111 cm³/mol. The number of hydrogen-bond acceptors (Lipinski definition) is 4. The third kappa shape index (κ3) is 4.71. The van der Waals surface area contributed by atoms with Gasteiger partial charge in [0.15, 0.2) is 6.10 Å². The van der Waals surface area contributed by atoms with Crippen molar-refractivity contribution in [1.29, 1.82) is 0 Å². The van der Waals surface area contributed by atoms with E-state index in [1.54, 1.807) is 25.1 Å². The van der Waals surface area contributed by atoms with Crippen LogP contribution < -0.4 is 15.7 Å². The Labute approximate surface area is 171 Å². The fourth-order valence-corrected chi connectivity index (χ4v) is 3.00. The molecule has 0 unspecified atom stereocenters. The number of aromatic amines is 1. The highest BCUT2D eigenvalue weighted by Crippen LogP contribution is 2.28. The lowest BCUT2D eigenvalue weighted by molar-refractivity contribution is -0.128. The molecule has 6 nitrogen and oxygen atoms in total. The Morgan fingerprint density at radius 1 is 1.25 bits per heavy atom. The van der Waals surface area contributed by atoms with Crippen LogP contribution in [-0.4, -0.2) is 23.2 Å². The van der Waals surface area contributed by atoms with Crippen LogP contribution in [0.5, 0.6) is 5.75 Å². The van der Waals surface area contributed by atoms with E-state index in [1.165, 1.54) is 12.3 Å². The minimum atomic E-state index is -0.800. The Kier molecular flexibility index (Phi) is 6.34. The molecule has 1 amide bonds. The zero-order valence-corrected chi connectivity index (χ0v) is 16.4. The lowest BCUT2D eigenvalue weighted by Gasteiger charge is -2.16. The van der Waals surface area contributed by atoms with Crippen LogP contribution in [0.2, 0.25) is 10.0 Å². The van der Waals surface area contributed by atoms with E-state index in [-0.39, 0.29) is 5.56 Å². The number of H-pyrrole nitrogens is 1. The summed E-state index contributed by atoms with van der Waals surface area (Å²) in [6, 6.07) is 13.8. The number of pyridine rings is 1. The zero-order chi connectivity index (χ0) is 20.1. The monoisotopic (exact) mass is 417 g/mol. The maximum Gasteiger partial charge on any atom is 0.281 e. The summed E-state index contributed by atoms with van der Waals surface area (Å²) in [6.07, 6.45) is 0.896. The molecule has 0 radical (unpaired) electrons. The van der Waals surface area contributed by atoms with Gasteiger partial charge in [-0.3, -0.25) is 9.59 Å². The van der Waals surface area contributed by atoms with Crippen molar-refractivity contribution in [3.05, 3.63) is 74.5 Å². The van der Waals surface area contributed by atoms with Gasteiger partial charge in [-0.05, 0) is 42.1 Å². The zero-order valence-electron chi connectivity index (χ0n) is 14.9. The number of nitrogens with zero attached hydrogens (tertiary/aromatic N) is 1. The van der Waals surface area contributed by atoms with Crippen LogP contribution >= 0.6 is 23.2 Å². The van der Waals surface area contributed by atoms with Crippen molar-refractivity contribution in [2.75, 3.05) is 0 Å². The molecule has 0 spiro atoms. The summed E-state index contributed by atoms with van der Waals surface area (Å²) < 4.78 is 5.65. The van der Waals surface area contributed by atoms with E-state index in [0.29, 0.717) is 27.8 Å². The van der Waals surface area contributed by atoms with Crippen LogP contribution in [0.25, 0.3) is 10.9 Å². The van der Waals surface area contributed by atoms with Crippen molar-refractivity contribution >= 4 is 46.2 Å². The molecular formula is C20H17Cl2N3O3. The van der Waals surface area contributed by atoms with Gasteiger partial charge >= 0.3 is 0 Å². The summed E-state index contributed by atoms with van der Waals surface area (Å²) in [5.41, 5.74) is 3.15. The second kappa shape index (κ2) is 8.91. The second-order valence-electron chi connectivity index (χ2n) is 5.96. The highest BCUT2D eigenvalue weighted by atomic mass is 35.5. The Morgan fingerprint density at radius 3 is 2.79 bits per heavy atom. The molecule has 0 aliphatic rings. The summed E-state index contributed by atoms with van der Waals surface area (Å²) in [4.78, 5) is 27.2. The first kappa shape index (κ1) is 19.9. The third-order valence-corrected chi connectivity index (χ3v) is 4.52. The third-order valence-electron chi connectivity index (χ3n) is 3.99. The Balaban J connectivity index is 1.69. The largest absolute Gasteiger partial charge is 0.479 e. The number of ether oxygens (including phenoxy) is 1. The Hall–Kier alpha value is -2.83. The molecule has 1 aromatic heterocycles. The maximum atomic E-state index is 12.3. The average Bonchev–Trinajstić information content (AvgIpc) is 2.67. The lowest BCUT2D eigenvalue weighted by atomic mass is 10.2. The molecule has 144 valence electrons. The summed E-state index contributed by atoms with van der Waals surface area (Å²) in [7, 11) is 0. The molecule has 8 heteroatoms. The molecular weight excluding hydrogens is 401 g/mol. The number of hydrazone groups is 1. The van der Waals surface area contributed by atoms with Crippen molar-refractivity contribution < 1.29 is 9.53 Å². The van der Waals surface area contributed by atoms with Crippen LogP contribution in [0, 0.1) is 0 Å². The van der Waals surface area contributed by atoms with E-state index < -0.39 is 12.0 Å². The summed E-state index contributed by atoms with van der Waals surface area (Å²) in [5, 5.41) is 5.52. The number of rotatable bonds is 6. The van der Waals surface area contributed by atoms with Gasteiger partial charge in [0.1, 0.15) is 5.75 Å². The highest BCUT2D eigenvalue weighted by molar-refractivity contribution is 6.35. The van der Waals surface area contributed by atoms with Crippen molar-refractivity contribution in [3.8, 4) is 5.75 Å². The van der Waals surface area contributed by atoms with E-state index in [4.69, 9.17) is 27.9 Å². The van der Waals surface area contributed by atoms with E-state index in [2.05, 4.69) is 15.5 Å². The molecule has 1 heterocycles. The van der Waals surface area contributed by atoms with Crippen LogP contribution in [0.4, 0.5) is 0 Å². The van der Waals surface area contributed by atoms with Crippen LogP contribution in [0.3, 0.4) is 0 Å². The van der Waals surface area contributed by atoms with Crippen LogP contribution in [-0.2, 0) is 4.79 Å². The molecule has 0 bridgehead atoms. The van der Waals surface area contributed by atoms with Gasteiger partial charge in [0.2, 0.25) is 0 Å². The maximum absolute atomic E-state index is 12.3. The average molecular weight is 418 g/mol. The number of carbonyl (C=O) groups is 1. The van der Waals surface area contributed by atoms with E-state index in [0.717, 1.165) is 10.9 Å². The van der Waals surface area contributed by atoms with Crippen molar-refractivity contribution in [3.63, 3.8) is 0 Å². The highest BCUT2D eigenvalue weighted by Gasteiger charge is 2.19. The fourth-order valence-electron chi connectivity index (χ4n) is 2.54. The van der Waals surface area contributed by atoms with Gasteiger partial charge in [0, 0.05) is 10.5 Å². The molecule has 3 aromatic rings. The fraction of sp³-hybridized carbons (Fsp3) is 0.150. The first-order valence-corrected chi connectivity index (χ1v) is 9.30.